The number of halogens is 1. The van der Waals surface area contributed by atoms with E-state index in [1.54, 1.807) is 6.07 Å². The van der Waals surface area contributed by atoms with Gasteiger partial charge < -0.3 is 4.90 Å². The molecule has 0 amide bonds. The van der Waals surface area contributed by atoms with Crippen LogP contribution in [0.4, 0.5) is 11.4 Å². The minimum absolute atomic E-state index is 0.152. The van der Waals surface area contributed by atoms with E-state index in [-0.39, 0.29) is 16.7 Å². The van der Waals surface area contributed by atoms with Crippen molar-refractivity contribution in [3.63, 3.8) is 0 Å². The number of nitrogens with zero attached hydrogens (tertiary/aromatic N) is 2. The van der Waals surface area contributed by atoms with Crippen LogP contribution in [0.3, 0.4) is 0 Å². The molecule has 0 bridgehead atoms. The summed E-state index contributed by atoms with van der Waals surface area (Å²) < 4.78 is 0.728. The number of benzene rings is 1. The molecule has 0 spiro atoms. The quantitative estimate of drug-likeness (QED) is 0.603. The lowest BCUT2D eigenvalue weighted by Gasteiger charge is -2.30. The number of nitro benzene ring substituents is 1. The predicted molar refractivity (Wildman–Crippen MR) is 78.1 cm³/mol. The molecule has 0 atom stereocenters. The van der Waals surface area contributed by atoms with Crippen LogP contribution in [0.2, 0.25) is 0 Å². The number of nitro groups is 1. The maximum Gasteiger partial charge on any atom is 0.293 e. The normalized spacial score (nSPS) is 11.1. The molecular weight excluding hydrogens is 296 g/mol. The Bertz CT molecular complexity index is 433. The van der Waals surface area contributed by atoms with Gasteiger partial charge in [-0.15, -0.1) is 0 Å². The number of rotatable bonds is 5. The van der Waals surface area contributed by atoms with Crippen molar-refractivity contribution in [3.05, 3.63) is 32.8 Å². The minimum Gasteiger partial charge on any atom is -0.363 e. The number of hydrogen-bond acceptors (Lipinski definition) is 3. The van der Waals surface area contributed by atoms with E-state index < -0.39 is 0 Å². The van der Waals surface area contributed by atoms with Crippen molar-refractivity contribution < 1.29 is 4.92 Å². The third-order valence-electron chi connectivity index (χ3n) is 2.63. The summed E-state index contributed by atoms with van der Waals surface area (Å²) in [5.74, 6) is 0.454. The van der Waals surface area contributed by atoms with Crippen LogP contribution in [0.15, 0.2) is 22.7 Å². The second kappa shape index (κ2) is 6.18. The summed E-state index contributed by atoms with van der Waals surface area (Å²) in [6.45, 7) is 9.13. The van der Waals surface area contributed by atoms with Crippen molar-refractivity contribution in [1.29, 1.82) is 0 Å². The molecule has 0 heterocycles. The molecule has 4 nitrogen and oxygen atoms in total. The number of anilines is 1. The van der Waals surface area contributed by atoms with Gasteiger partial charge in [0.2, 0.25) is 0 Å². The zero-order valence-corrected chi connectivity index (χ0v) is 12.8. The Morgan fingerprint density at radius 1 is 1.33 bits per heavy atom. The van der Waals surface area contributed by atoms with Gasteiger partial charge >= 0.3 is 0 Å². The van der Waals surface area contributed by atoms with Crippen molar-refractivity contribution in [3.8, 4) is 0 Å². The van der Waals surface area contributed by atoms with Crippen LogP contribution >= 0.6 is 15.9 Å². The van der Waals surface area contributed by atoms with E-state index in [2.05, 4.69) is 34.7 Å². The summed E-state index contributed by atoms with van der Waals surface area (Å²) in [5.41, 5.74) is 0.839. The summed E-state index contributed by atoms with van der Waals surface area (Å²) in [4.78, 5) is 12.9. The molecule has 5 heteroatoms. The zero-order valence-electron chi connectivity index (χ0n) is 11.2. The lowest BCUT2D eigenvalue weighted by Crippen LogP contribution is -2.34. The average molecular weight is 315 g/mol. The van der Waals surface area contributed by atoms with Gasteiger partial charge in [0.25, 0.3) is 5.69 Å². The Morgan fingerprint density at radius 3 is 2.39 bits per heavy atom. The van der Waals surface area contributed by atoms with Crippen LogP contribution in [0.5, 0.6) is 0 Å². The molecule has 1 aromatic carbocycles. The zero-order chi connectivity index (χ0) is 13.9. The second-order valence-electron chi connectivity index (χ2n) is 5.03. The van der Waals surface area contributed by atoms with E-state index >= 15 is 0 Å². The summed E-state index contributed by atoms with van der Waals surface area (Å²) in [6.07, 6.45) is 0. The first kappa shape index (κ1) is 15.0. The van der Waals surface area contributed by atoms with Crippen LogP contribution in [0.25, 0.3) is 0 Å². The van der Waals surface area contributed by atoms with E-state index in [1.807, 2.05) is 26.0 Å². The van der Waals surface area contributed by atoms with Crippen molar-refractivity contribution >= 4 is 27.3 Å². The highest BCUT2D eigenvalue weighted by Crippen LogP contribution is 2.32. The third-order valence-corrected chi connectivity index (χ3v) is 3.12. The van der Waals surface area contributed by atoms with E-state index in [0.29, 0.717) is 11.6 Å². The van der Waals surface area contributed by atoms with Crippen LogP contribution in [0, 0.1) is 16.0 Å². The SMILES string of the molecule is CC(C)CN(c1ccc(Br)cc1[N+](=O)[O-])C(C)C. The molecule has 1 rings (SSSR count). The molecule has 0 saturated carbocycles. The Labute approximate surface area is 116 Å². The molecule has 0 unspecified atom stereocenters. The van der Waals surface area contributed by atoms with Crippen LogP contribution in [-0.4, -0.2) is 17.5 Å². The Hall–Kier alpha value is -1.10. The van der Waals surface area contributed by atoms with Gasteiger partial charge in [0.15, 0.2) is 0 Å². The molecule has 1 aromatic rings. The molecule has 100 valence electrons. The highest BCUT2D eigenvalue weighted by atomic mass is 79.9. The minimum atomic E-state index is -0.324. The fourth-order valence-corrected chi connectivity index (χ4v) is 2.22. The molecule has 18 heavy (non-hydrogen) atoms. The van der Waals surface area contributed by atoms with Gasteiger partial charge in [-0.3, -0.25) is 10.1 Å². The summed E-state index contributed by atoms with van der Waals surface area (Å²) in [7, 11) is 0. The number of hydrogen-bond donors (Lipinski definition) is 0. The highest BCUT2D eigenvalue weighted by Gasteiger charge is 2.22. The molecule has 0 fully saturated rings. The molecule has 0 N–H and O–H groups in total. The lowest BCUT2D eigenvalue weighted by atomic mass is 10.1. The van der Waals surface area contributed by atoms with Gasteiger partial charge in [-0.2, -0.15) is 0 Å². The topological polar surface area (TPSA) is 46.4 Å². The summed E-state index contributed by atoms with van der Waals surface area (Å²) >= 11 is 3.28. The Balaban J connectivity index is 3.22. The largest absolute Gasteiger partial charge is 0.363 e. The average Bonchev–Trinajstić information content (AvgIpc) is 2.25. The van der Waals surface area contributed by atoms with Gasteiger partial charge in [-0.25, -0.2) is 0 Å². The first-order valence-corrected chi connectivity index (χ1v) is 6.82. The molecule has 0 radical (unpaired) electrons. The smallest absolute Gasteiger partial charge is 0.293 e. The predicted octanol–water partition coefficient (Wildman–Crippen LogP) is 4.23. The van der Waals surface area contributed by atoms with Gasteiger partial charge in [0.1, 0.15) is 5.69 Å². The molecular formula is C13H19BrN2O2. The highest BCUT2D eigenvalue weighted by molar-refractivity contribution is 9.10. The maximum absolute atomic E-state index is 11.1. The van der Waals surface area contributed by atoms with E-state index in [1.165, 1.54) is 0 Å². The molecule has 0 saturated heterocycles. The van der Waals surface area contributed by atoms with Gasteiger partial charge in [0, 0.05) is 23.1 Å². The summed E-state index contributed by atoms with van der Waals surface area (Å²) in [5, 5.41) is 11.1. The van der Waals surface area contributed by atoms with Gasteiger partial charge in [0.05, 0.1) is 4.92 Å². The first-order valence-electron chi connectivity index (χ1n) is 6.03. The Kier molecular flexibility index (Phi) is 5.14. The van der Waals surface area contributed by atoms with Crippen molar-refractivity contribution in [2.45, 2.75) is 33.7 Å². The third kappa shape index (κ3) is 3.70. The Morgan fingerprint density at radius 2 is 1.94 bits per heavy atom. The summed E-state index contributed by atoms with van der Waals surface area (Å²) in [6, 6.07) is 5.44. The van der Waals surface area contributed by atoms with Gasteiger partial charge in [-0.05, 0) is 31.9 Å². The maximum atomic E-state index is 11.1. The molecule has 0 aliphatic carbocycles. The van der Waals surface area contributed by atoms with Crippen molar-refractivity contribution in [2.24, 2.45) is 5.92 Å². The molecule has 0 aliphatic heterocycles. The van der Waals surface area contributed by atoms with Gasteiger partial charge in [-0.1, -0.05) is 29.8 Å². The fourth-order valence-electron chi connectivity index (χ4n) is 1.87. The monoisotopic (exact) mass is 314 g/mol. The van der Waals surface area contributed by atoms with E-state index in [4.69, 9.17) is 0 Å². The van der Waals surface area contributed by atoms with E-state index in [0.717, 1.165) is 11.0 Å². The van der Waals surface area contributed by atoms with Crippen LogP contribution in [0.1, 0.15) is 27.7 Å². The van der Waals surface area contributed by atoms with Crippen molar-refractivity contribution in [1.82, 2.24) is 0 Å². The standard InChI is InChI=1S/C13H19BrN2O2/c1-9(2)8-15(10(3)4)12-6-5-11(14)7-13(12)16(17)18/h5-7,9-10H,8H2,1-4H3. The lowest BCUT2D eigenvalue weighted by molar-refractivity contribution is -0.384. The molecule has 0 aliphatic rings. The van der Waals surface area contributed by atoms with Crippen LogP contribution in [-0.2, 0) is 0 Å². The van der Waals surface area contributed by atoms with Crippen LogP contribution < -0.4 is 4.90 Å². The fraction of sp³-hybridized carbons (Fsp3) is 0.538. The van der Waals surface area contributed by atoms with Crippen molar-refractivity contribution in [2.75, 3.05) is 11.4 Å². The van der Waals surface area contributed by atoms with E-state index in [9.17, 15) is 10.1 Å². The first-order chi connectivity index (χ1) is 8.32. The molecule has 0 aromatic heterocycles. The second-order valence-corrected chi connectivity index (χ2v) is 5.95.